The maximum Gasteiger partial charge on any atom is 0.187 e. The van der Waals surface area contributed by atoms with E-state index in [0.717, 1.165) is 6.04 Å². The minimum absolute atomic E-state index is 1.12. The van der Waals surface area contributed by atoms with Gasteiger partial charge in [-0.2, -0.15) is 0 Å². The van der Waals surface area contributed by atoms with E-state index in [1.807, 2.05) is 0 Å². The van der Waals surface area contributed by atoms with Crippen molar-refractivity contribution in [3.63, 3.8) is 0 Å². The van der Waals surface area contributed by atoms with Crippen LogP contribution >= 0.6 is 0 Å². The largest absolute Gasteiger partial charge is 0.344 e. The lowest BCUT2D eigenvalue weighted by Crippen LogP contribution is -2.66. The van der Waals surface area contributed by atoms with Crippen LogP contribution in [-0.4, -0.2) is 8.24 Å². The van der Waals surface area contributed by atoms with Crippen molar-refractivity contribution in [3.8, 4) is 0 Å². The Morgan fingerprint density at radius 3 is 1.67 bits per heavy atom. The predicted octanol–water partition coefficient (Wildman–Crippen LogP) is 2.51. The van der Waals surface area contributed by atoms with Crippen LogP contribution in [0.5, 0.6) is 0 Å². The molecule has 94 valence electrons. The van der Waals surface area contributed by atoms with Crippen molar-refractivity contribution in [2.75, 3.05) is 0 Å². The van der Waals surface area contributed by atoms with E-state index in [4.69, 9.17) is 5.40 Å². The zero-order valence-corrected chi connectivity index (χ0v) is 12.0. The second kappa shape index (κ2) is 5.98. The number of hydrogen-bond donors (Lipinski definition) is 1. The second-order valence-electron chi connectivity index (χ2n) is 4.81. The Hall–Kier alpha value is -1.38. The molecule has 0 saturated heterocycles. The van der Waals surface area contributed by atoms with Crippen LogP contribution in [0.1, 0.15) is 19.8 Å². The molecule has 2 aromatic carbocycles. The van der Waals surface area contributed by atoms with Crippen molar-refractivity contribution >= 4 is 18.6 Å². The average molecular weight is 255 g/mol. The van der Waals surface area contributed by atoms with E-state index in [1.54, 1.807) is 0 Å². The molecule has 18 heavy (non-hydrogen) atoms. The number of benzene rings is 2. The predicted molar refractivity (Wildman–Crippen MR) is 81.8 cm³/mol. The van der Waals surface area contributed by atoms with Crippen LogP contribution in [0.3, 0.4) is 0 Å². The highest BCUT2D eigenvalue weighted by Crippen LogP contribution is 2.09. The Kier molecular flexibility index (Phi) is 4.34. The third kappa shape index (κ3) is 2.71. The number of nitrogens with two attached hydrogens (primary N) is 1. The van der Waals surface area contributed by atoms with Gasteiger partial charge in [0.2, 0.25) is 0 Å². The summed E-state index contributed by atoms with van der Waals surface area (Å²) in [4.78, 5) is 0. The van der Waals surface area contributed by atoms with Crippen LogP contribution in [0.4, 0.5) is 0 Å². The molecule has 2 aromatic rings. The van der Waals surface area contributed by atoms with Gasteiger partial charge in [-0.1, -0.05) is 80.4 Å². The standard InChI is InChI=1S/C16H21NSi/c1-2-3-14-18(17,15-10-6-4-7-11-15)16-12-8-5-9-13-16/h4-13H,2-3,14,17H2,1H3. The first-order valence-corrected chi connectivity index (χ1v) is 8.96. The lowest BCUT2D eigenvalue weighted by molar-refractivity contribution is 0.870. The van der Waals surface area contributed by atoms with E-state index in [1.165, 1.54) is 23.2 Å². The fourth-order valence-corrected chi connectivity index (χ4v) is 5.78. The molecule has 0 bridgehead atoms. The van der Waals surface area contributed by atoms with Crippen LogP contribution in [-0.2, 0) is 0 Å². The Bertz CT molecular complexity index is 427. The molecule has 0 radical (unpaired) electrons. The molecule has 2 N–H and O–H groups in total. The molecule has 0 aliphatic rings. The maximum absolute atomic E-state index is 6.87. The van der Waals surface area contributed by atoms with Gasteiger partial charge in [-0.25, -0.2) is 0 Å². The van der Waals surface area contributed by atoms with Gasteiger partial charge in [-0.15, -0.1) is 0 Å². The highest BCUT2D eigenvalue weighted by molar-refractivity contribution is 6.99. The van der Waals surface area contributed by atoms with E-state index < -0.39 is 8.24 Å². The Morgan fingerprint density at radius 2 is 1.28 bits per heavy atom. The van der Waals surface area contributed by atoms with Gasteiger partial charge in [0, 0.05) is 0 Å². The molecule has 0 fully saturated rings. The summed E-state index contributed by atoms with van der Waals surface area (Å²) in [5.41, 5.74) is 0. The van der Waals surface area contributed by atoms with Crippen LogP contribution in [0, 0.1) is 0 Å². The lowest BCUT2D eigenvalue weighted by atomic mass is 10.4. The molecule has 0 saturated carbocycles. The van der Waals surface area contributed by atoms with E-state index in [2.05, 4.69) is 67.6 Å². The van der Waals surface area contributed by atoms with E-state index >= 15 is 0 Å². The Morgan fingerprint density at radius 1 is 0.833 bits per heavy atom. The minimum atomic E-state index is -2.02. The van der Waals surface area contributed by atoms with Gasteiger partial charge in [0.1, 0.15) is 0 Å². The molecule has 0 aliphatic carbocycles. The molecule has 2 heteroatoms. The summed E-state index contributed by atoms with van der Waals surface area (Å²) in [5.74, 6) is 0. The van der Waals surface area contributed by atoms with Crippen molar-refractivity contribution in [2.24, 2.45) is 5.40 Å². The highest BCUT2D eigenvalue weighted by Gasteiger charge is 2.32. The highest BCUT2D eigenvalue weighted by atomic mass is 28.3. The average Bonchev–Trinajstić information content (AvgIpc) is 2.46. The van der Waals surface area contributed by atoms with E-state index in [-0.39, 0.29) is 0 Å². The lowest BCUT2D eigenvalue weighted by Gasteiger charge is -2.28. The quantitative estimate of drug-likeness (QED) is 0.816. The third-order valence-corrected chi connectivity index (χ3v) is 7.37. The summed E-state index contributed by atoms with van der Waals surface area (Å²) < 4.78 is 0. The molecule has 0 aliphatic heterocycles. The molecule has 0 atom stereocenters. The topological polar surface area (TPSA) is 26.0 Å². The molecule has 0 aromatic heterocycles. The van der Waals surface area contributed by atoms with Gasteiger partial charge in [0.25, 0.3) is 0 Å². The number of unbranched alkanes of at least 4 members (excludes halogenated alkanes) is 1. The number of rotatable bonds is 5. The van der Waals surface area contributed by atoms with Gasteiger partial charge in [-0.3, -0.25) is 0 Å². The molecule has 0 spiro atoms. The summed E-state index contributed by atoms with van der Waals surface area (Å²) in [7, 11) is -2.02. The fraction of sp³-hybridized carbons (Fsp3) is 0.250. The Balaban J connectivity index is 2.41. The van der Waals surface area contributed by atoms with Crippen molar-refractivity contribution in [1.82, 2.24) is 0 Å². The third-order valence-electron chi connectivity index (χ3n) is 3.50. The summed E-state index contributed by atoms with van der Waals surface area (Å²) in [6, 6.07) is 22.4. The second-order valence-corrected chi connectivity index (χ2v) is 8.40. The summed E-state index contributed by atoms with van der Waals surface area (Å²) >= 11 is 0. The number of hydrogen-bond acceptors (Lipinski definition) is 1. The first-order valence-electron chi connectivity index (χ1n) is 6.67. The van der Waals surface area contributed by atoms with Gasteiger partial charge in [0.15, 0.2) is 8.24 Å². The summed E-state index contributed by atoms with van der Waals surface area (Å²) in [5, 5.41) is 9.54. The van der Waals surface area contributed by atoms with Crippen LogP contribution < -0.4 is 15.8 Å². The van der Waals surface area contributed by atoms with Crippen molar-refractivity contribution < 1.29 is 0 Å². The van der Waals surface area contributed by atoms with Crippen molar-refractivity contribution in [2.45, 2.75) is 25.8 Å². The molecule has 1 nitrogen and oxygen atoms in total. The van der Waals surface area contributed by atoms with Gasteiger partial charge >= 0.3 is 0 Å². The van der Waals surface area contributed by atoms with Gasteiger partial charge in [-0.05, 0) is 16.4 Å². The van der Waals surface area contributed by atoms with E-state index in [0.29, 0.717) is 0 Å². The van der Waals surface area contributed by atoms with E-state index in [9.17, 15) is 0 Å². The molecule has 0 unspecified atom stereocenters. The molecular formula is C16H21NSi. The molecule has 2 rings (SSSR count). The minimum Gasteiger partial charge on any atom is -0.344 e. The summed E-state index contributed by atoms with van der Waals surface area (Å²) in [6.07, 6.45) is 2.40. The first-order chi connectivity index (χ1) is 8.77. The molecule has 0 heterocycles. The zero-order valence-electron chi connectivity index (χ0n) is 11.0. The smallest absolute Gasteiger partial charge is 0.187 e. The van der Waals surface area contributed by atoms with Crippen molar-refractivity contribution in [1.29, 1.82) is 0 Å². The monoisotopic (exact) mass is 255 g/mol. The van der Waals surface area contributed by atoms with Crippen molar-refractivity contribution in [3.05, 3.63) is 60.7 Å². The van der Waals surface area contributed by atoms with Crippen LogP contribution in [0.15, 0.2) is 60.7 Å². The summed E-state index contributed by atoms with van der Waals surface area (Å²) in [6.45, 7) is 2.23. The zero-order chi connectivity index (χ0) is 12.8. The molecule has 0 amide bonds. The van der Waals surface area contributed by atoms with Gasteiger partial charge in [0.05, 0.1) is 0 Å². The first kappa shape index (κ1) is 13.1. The van der Waals surface area contributed by atoms with Crippen LogP contribution in [0.2, 0.25) is 6.04 Å². The Labute approximate surface area is 111 Å². The fourth-order valence-electron chi connectivity index (χ4n) is 2.38. The van der Waals surface area contributed by atoms with Crippen LogP contribution in [0.25, 0.3) is 0 Å². The maximum atomic E-state index is 6.87. The SMILES string of the molecule is CCCC[Si](N)(c1ccccc1)c1ccccc1. The normalized spacial score (nSPS) is 11.4. The molecular weight excluding hydrogens is 234 g/mol. The van der Waals surface area contributed by atoms with Gasteiger partial charge < -0.3 is 5.40 Å².